The second-order valence-electron chi connectivity index (χ2n) is 6.72. The third kappa shape index (κ3) is 9.24. The molecule has 1 aromatic rings. The number of rotatable bonds is 9. The first-order chi connectivity index (χ1) is 11.1. The Morgan fingerprint density at radius 2 is 2.08 bits per heavy atom. The molecule has 0 aliphatic heterocycles. The summed E-state index contributed by atoms with van der Waals surface area (Å²) in [6.45, 7) is 9.77. The van der Waals surface area contributed by atoms with E-state index in [1.807, 2.05) is 20.8 Å². The molecule has 0 radical (unpaired) electrons. The van der Waals surface area contributed by atoms with Crippen molar-refractivity contribution in [1.82, 2.24) is 15.4 Å². The minimum Gasteiger partial charge on any atom is -0.357 e. The smallest absolute Gasteiger partial charge is 0.209 e. The molecule has 0 saturated carbocycles. The molecule has 1 aromatic heterocycles. The number of guanidine groups is 1. The van der Waals surface area contributed by atoms with Crippen molar-refractivity contribution < 1.29 is 8.42 Å². The van der Waals surface area contributed by atoms with Gasteiger partial charge in [-0.1, -0.05) is 13.0 Å². The zero-order chi connectivity index (χ0) is 18.2. The van der Waals surface area contributed by atoms with Crippen molar-refractivity contribution in [3.8, 4) is 0 Å². The molecule has 1 rings (SSSR count). The third-order valence-electron chi connectivity index (χ3n) is 3.19. The largest absolute Gasteiger partial charge is 0.357 e. The van der Waals surface area contributed by atoms with E-state index in [4.69, 9.17) is 0 Å². The zero-order valence-electron chi connectivity index (χ0n) is 15.2. The molecule has 0 aromatic carbocycles. The highest BCUT2D eigenvalue weighted by atomic mass is 32.2. The predicted molar refractivity (Wildman–Crippen MR) is 103 cm³/mol. The third-order valence-corrected chi connectivity index (χ3v) is 5.01. The molecule has 0 amide bonds. The first-order valence-corrected chi connectivity index (χ1v) is 10.9. The van der Waals surface area contributed by atoms with Crippen molar-refractivity contribution in [3.63, 3.8) is 0 Å². The molecule has 6 nitrogen and oxygen atoms in total. The van der Waals surface area contributed by atoms with Crippen molar-refractivity contribution in [2.45, 2.75) is 39.7 Å². The Morgan fingerprint density at radius 3 is 2.62 bits per heavy atom. The maximum atomic E-state index is 11.4. The lowest BCUT2D eigenvalue weighted by atomic mass is 10.1. The minimum atomic E-state index is -3.26. The van der Waals surface area contributed by atoms with Crippen LogP contribution in [0.4, 0.5) is 0 Å². The highest BCUT2D eigenvalue weighted by Crippen LogP contribution is 2.13. The summed E-state index contributed by atoms with van der Waals surface area (Å²) in [5.41, 5.74) is -0.626. The molecule has 1 atom stereocenters. The van der Waals surface area contributed by atoms with Crippen LogP contribution in [0.2, 0.25) is 0 Å². The van der Waals surface area contributed by atoms with E-state index in [0.717, 1.165) is 25.8 Å². The Hall–Kier alpha value is -1.12. The first-order valence-electron chi connectivity index (χ1n) is 8.15. The molecule has 138 valence electrons. The first kappa shape index (κ1) is 20.9. The van der Waals surface area contributed by atoms with Gasteiger partial charge in [-0.15, -0.1) is 11.3 Å². The number of sulfonamides is 1. The molecule has 0 saturated heterocycles. The predicted octanol–water partition coefficient (Wildman–Crippen LogP) is 1.81. The molecule has 1 heterocycles. The van der Waals surface area contributed by atoms with Crippen LogP contribution < -0.4 is 15.4 Å². The summed E-state index contributed by atoms with van der Waals surface area (Å²) in [5.74, 6) is 1.19. The van der Waals surface area contributed by atoms with Crippen LogP contribution in [0.3, 0.4) is 0 Å². The summed E-state index contributed by atoms with van der Waals surface area (Å²) in [6, 6.07) is 4.22. The molecule has 1 unspecified atom stereocenters. The van der Waals surface area contributed by atoms with Gasteiger partial charge in [0.15, 0.2) is 5.96 Å². The van der Waals surface area contributed by atoms with Gasteiger partial charge in [-0.2, -0.15) is 0 Å². The van der Waals surface area contributed by atoms with Crippen LogP contribution in [0.5, 0.6) is 0 Å². The van der Waals surface area contributed by atoms with Crippen LogP contribution in [-0.2, 0) is 16.4 Å². The van der Waals surface area contributed by atoms with Gasteiger partial charge in [-0.25, -0.2) is 13.1 Å². The second-order valence-corrected chi connectivity index (χ2v) is 9.50. The fourth-order valence-electron chi connectivity index (χ4n) is 2.27. The molecule has 0 aliphatic rings. The number of hydrogen-bond acceptors (Lipinski definition) is 4. The van der Waals surface area contributed by atoms with Gasteiger partial charge >= 0.3 is 0 Å². The Morgan fingerprint density at radius 1 is 1.38 bits per heavy atom. The van der Waals surface area contributed by atoms with Gasteiger partial charge < -0.3 is 10.6 Å². The van der Waals surface area contributed by atoms with E-state index in [1.165, 1.54) is 4.88 Å². The van der Waals surface area contributed by atoms with E-state index in [2.05, 4.69) is 44.8 Å². The van der Waals surface area contributed by atoms with Crippen molar-refractivity contribution in [3.05, 3.63) is 22.4 Å². The Kier molecular flexibility index (Phi) is 8.18. The Bertz CT molecular complexity index is 610. The highest BCUT2D eigenvalue weighted by Gasteiger charge is 2.21. The highest BCUT2D eigenvalue weighted by molar-refractivity contribution is 7.88. The maximum absolute atomic E-state index is 11.4. The fraction of sp³-hybridized carbons (Fsp3) is 0.688. The lowest BCUT2D eigenvalue weighted by molar-refractivity contribution is 0.464. The Labute approximate surface area is 150 Å². The molecule has 24 heavy (non-hydrogen) atoms. The summed E-state index contributed by atoms with van der Waals surface area (Å²) in [7, 11) is -3.26. The summed E-state index contributed by atoms with van der Waals surface area (Å²) < 4.78 is 25.4. The number of aliphatic imine (C=N–C) groups is 1. The van der Waals surface area contributed by atoms with Gasteiger partial charge in [0, 0.05) is 23.5 Å². The average Bonchev–Trinajstić information content (AvgIpc) is 2.92. The number of nitrogens with zero attached hydrogens (tertiary/aromatic N) is 1. The fourth-order valence-corrected chi connectivity index (χ4v) is 4.21. The van der Waals surface area contributed by atoms with Gasteiger partial charge in [-0.3, -0.25) is 4.99 Å². The summed E-state index contributed by atoms with van der Waals surface area (Å²) in [5, 5.41) is 8.63. The van der Waals surface area contributed by atoms with Crippen molar-refractivity contribution in [2.24, 2.45) is 10.9 Å². The monoisotopic (exact) mass is 374 g/mol. The van der Waals surface area contributed by atoms with E-state index >= 15 is 0 Å². The van der Waals surface area contributed by atoms with Crippen molar-refractivity contribution in [1.29, 1.82) is 0 Å². The van der Waals surface area contributed by atoms with Gasteiger partial charge in [0.2, 0.25) is 10.0 Å². The van der Waals surface area contributed by atoms with Gasteiger partial charge in [0.25, 0.3) is 0 Å². The van der Waals surface area contributed by atoms with E-state index in [1.54, 1.807) is 11.3 Å². The lowest BCUT2D eigenvalue weighted by Gasteiger charge is -2.23. The average molecular weight is 375 g/mol. The maximum Gasteiger partial charge on any atom is 0.209 e. The van der Waals surface area contributed by atoms with Crippen LogP contribution >= 0.6 is 11.3 Å². The summed E-state index contributed by atoms with van der Waals surface area (Å²) in [6.07, 6.45) is 2.19. The number of thiophene rings is 1. The molecular formula is C16H30N4O2S2. The molecule has 0 aliphatic carbocycles. The molecule has 8 heteroatoms. The standard InChI is InChI=1S/C16H30N4O2S2/c1-6-17-15(19-12-16(3,4)20-24(5,21)22)18-11-13(2)10-14-8-7-9-23-14/h7-9,13,20H,6,10-12H2,1-5H3,(H2,17,18,19). The quantitative estimate of drug-likeness (QED) is 0.455. The number of nitrogens with one attached hydrogen (secondary N) is 3. The summed E-state index contributed by atoms with van der Waals surface area (Å²) >= 11 is 1.78. The van der Waals surface area contributed by atoms with Crippen LogP contribution in [0, 0.1) is 5.92 Å². The zero-order valence-corrected chi connectivity index (χ0v) is 16.9. The van der Waals surface area contributed by atoms with Crippen LogP contribution in [-0.4, -0.2) is 45.8 Å². The summed E-state index contributed by atoms with van der Waals surface area (Å²) in [4.78, 5) is 5.89. The molecule has 3 N–H and O–H groups in total. The van der Waals surface area contributed by atoms with Crippen molar-refractivity contribution in [2.75, 3.05) is 25.9 Å². The van der Waals surface area contributed by atoms with Gasteiger partial charge in [-0.05, 0) is 44.6 Å². The normalized spacial score (nSPS) is 14.5. The second kappa shape index (κ2) is 9.39. The molecule has 0 spiro atoms. The molecule has 0 bridgehead atoms. The van der Waals surface area contributed by atoms with E-state index in [9.17, 15) is 8.42 Å². The SMILES string of the molecule is CCNC(=NCC(C)(C)NS(C)(=O)=O)NCC(C)Cc1cccs1. The van der Waals surface area contributed by atoms with E-state index < -0.39 is 15.6 Å². The lowest BCUT2D eigenvalue weighted by Crippen LogP contribution is -2.47. The van der Waals surface area contributed by atoms with Crippen LogP contribution in [0.15, 0.2) is 22.5 Å². The topological polar surface area (TPSA) is 82.6 Å². The van der Waals surface area contributed by atoms with E-state index in [-0.39, 0.29) is 0 Å². The molecule has 0 fully saturated rings. The van der Waals surface area contributed by atoms with Crippen LogP contribution in [0.1, 0.15) is 32.6 Å². The molecular weight excluding hydrogens is 344 g/mol. The van der Waals surface area contributed by atoms with Crippen molar-refractivity contribution >= 4 is 27.3 Å². The van der Waals surface area contributed by atoms with Crippen LogP contribution in [0.25, 0.3) is 0 Å². The van der Waals surface area contributed by atoms with Gasteiger partial charge in [0.1, 0.15) is 0 Å². The van der Waals surface area contributed by atoms with E-state index in [0.29, 0.717) is 18.4 Å². The van der Waals surface area contributed by atoms with Gasteiger partial charge in [0.05, 0.1) is 12.8 Å². The minimum absolute atomic E-state index is 0.356. The Balaban J connectivity index is 2.55. The number of hydrogen-bond donors (Lipinski definition) is 3.